The van der Waals surface area contributed by atoms with E-state index in [0.29, 0.717) is 28.4 Å². The van der Waals surface area contributed by atoms with E-state index in [9.17, 15) is 14.9 Å². The third kappa shape index (κ3) is 3.02. The molecule has 0 saturated carbocycles. The molecule has 1 aliphatic heterocycles. The molecule has 1 aliphatic rings. The number of benzene rings is 2. The largest absolute Gasteiger partial charge is 0.333 e. The number of hydrogen-bond acceptors (Lipinski definition) is 6. The summed E-state index contributed by atoms with van der Waals surface area (Å²) >= 11 is 1.36. The fraction of sp³-hybridized carbons (Fsp3) is 0.111. The minimum Gasteiger partial charge on any atom is -0.333 e. The van der Waals surface area contributed by atoms with Gasteiger partial charge in [0.15, 0.2) is 4.80 Å². The minimum atomic E-state index is -0.431. The molecule has 0 fully saturated rings. The van der Waals surface area contributed by atoms with Crippen LogP contribution in [0.2, 0.25) is 0 Å². The first-order valence-electron chi connectivity index (χ1n) is 7.92. The number of rotatable bonds is 3. The third-order valence-electron chi connectivity index (χ3n) is 4.08. The van der Waals surface area contributed by atoms with E-state index in [1.807, 2.05) is 41.3 Å². The van der Waals surface area contributed by atoms with Crippen molar-refractivity contribution in [3.8, 4) is 0 Å². The van der Waals surface area contributed by atoms with Gasteiger partial charge < -0.3 is 4.90 Å². The molecule has 0 amide bonds. The maximum atomic E-state index is 12.7. The van der Waals surface area contributed by atoms with E-state index in [0.717, 1.165) is 5.56 Å². The van der Waals surface area contributed by atoms with E-state index in [1.54, 1.807) is 16.7 Å². The van der Waals surface area contributed by atoms with Gasteiger partial charge in [-0.1, -0.05) is 47.7 Å². The van der Waals surface area contributed by atoms with E-state index < -0.39 is 4.92 Å². The second kappa shape index (κ2) is 6.57. The van der Waals surface area contributed by atoms with Crippen molar-refractivity contribution in [1.29, 1.82) is 0 Å². The Hall–Kier alpha value is -3.26. The Morgan fingerprint density at radius 1 is 1.15 bits per heavy atom. The normalized spacial score (nSPS) is 14.0. The second-order valence-corrected chi connectivity index (χ2v) is 6.80. The molecular weight excluding hydrogens is 352 g/mol. The van der Waals surface area contributed by atoms with Crippen LogP contribution < -0.4 is 19.8 Å². The van der Waals surface area contributed by atoms with Crippen molar-refractivity contribution < 1.29 is 4.92 Å². The van der Waals surface area contributed by atoms with Gasteiger partial charge in [-0.15, -0.1) is 0 Å². The molecule has 4 rings (SSSR count). The van der Waals surface area contributed by atoms with Crippen molar-refractivity contribution in [1.82, 2.24) is 4.57 Å². The molecule has 0 radical (unpaired) electrons. The topological polar surface area (TPSA) is 80.7 Å². The molecule has 7 nitrogen and oxygen atoms in total. The average Bonchev–Trinajstić information content (AvgIpc) is 2.98. The number of nitro benzene ring substituents is 1. The van der Waals surface area contributed by atoms with Crippen LogP contribution in [0.3, 0.4) is 0 Å². The predicted octanol–water partition coefficient (Wildman–Crippen LogP) is 1.70. The molecular formula is C18H14N4O3S. The Bertz CT molecular complexity index is 1150. The lowest BCUT2D eigenvalue weighted by molar-refractivity contribution is -0.384. The number of aromatic nitrogens is 1. The van der Waals surface area contributed by atoms with Crippen LogP contribution in [0.4, 0.5) is 11.4 Å². The van der Waals surface area contributed by atoms with Crippen LogP contribution in [0, 0.1) is 10.1 Å². The van der Waals surface area contributed by atoms with Gasteiger partial charge in [0.05, 0.1) is 9.46 Å². The number of hydrogen-bond donors (Lipinski definition) is 0. The van der Waals surface area contributed by atoms with Crippen molar-refractivity contribution in [2.24, 2.45) is 4.99 Å². The van der Waals surface area contributed by atoms with Crippen molar-refractivity contribution in [3.05, 3.63) is 90.0 Å². The molecule has 2 aromatic carbocycles. The molecule has 130 valence electrons. The van der Waals surface area contributed by atoms with Gasteiger partial charge >= 0.3 is 0 Å². The lowest BCUT2D eigenvalue weighted by Gasteiger charge is -2.25. The monoisotopic (exact) mass is 366 g/mol. The molecule has 2 heterocycles. The summed E-state index contributed by atoms with van der Waals surface area (Å²) in [5, 5.41) is 11.0. The van der Waals surface area contributed by atoms with Crippen molar-refractivity contribution >= 4 is 28.8 Å². The number of anilines is 1. The highest BCUT2D eigenvalue weighted by atomic mass is 32.1. The SMILES string of the molecule is O=c1/c(=C/c2ccccc2)sc2n1CN(c1cccc([N+](=O)[O-])c1)CN=2. The zero-order chi connectivity index (χ0) is 18.1. The molecule has 3 aromatic rings. The summed E-state index contributed by atoms with van der Waals surface area (Å²) in [5.74, 6) is 0. The molecule has 0 N–H and O–H groups in total. The molecule has 0 atom stereocenters. The van der Waals surface area contributed by atoms with E-state index in [-0.39, 0.29) is 11.2 Å². The maximum absolute atomic E-state index is 12.7. The number of nitro groups is 1. The van der Waals surface area contributed by atoms with E-state index in [4.69, 9.17) is 0 Å². The molecule has 26 heavy (non-hydrogen) atoms. The fourth-order valence-electron chi connectivity index (χ4n) is 2.78. The van der Waals surface area contributed by atoms with Crippen LogP contribution in [0.5, 0.6) is 0 Å². The number of fused-ring (bicyclic) bond motifs is 1. The zero-order valence-corrected chi connectivity index (χ0v) is 14.4. The molecule has 0 aliphatic carbocycles. The van der Waals surface area contributed by atoms with E-state index in [1.165, 1.54) is 23.5 Å². The summed E-state index contributed by atoms with van der Waals surface area (Å²) in [5.41, 5.74) is 1.54. The molecule has 1 aromatic heterocycles. The number of nitrogens with zero attached hydrogens (tertiary/aromatic N) is 4. The Kier molecular flexibility index (Phi) is 4.10. The summed E-state index contributed by atoms with van der Waals surface area (Å²) in [7, 11) is 0. The Morgan fingerprint density at radius 3 is 2.73 bits per heavy atom. The van der Waals surface area contributed by atoms with Crippen molar-refractivity contribution in [3.63, 3.8) is 0 Å². The number of thiazole rings is 1. The fourth-order valence-corrected chi connectivity index (χ4v) is 3.74. The molecule has 8 heteroatoms. The average molecular weight is 366 g/mol. The Balaban J connectivity index is 1.70. The van der Waals surface area contributed by atoms with Gasteiger partial charge in [-0.2, -0.15) is 0 Å². The predicted molar refractivity (Wildman–Crippen MR) is 99.8 cm³/mol. The van der Waals surface area contributed by atoms with Gasteiger partial charge in [0.2, 0.25) is 0 Å². The second-order valence-electron chi connectivity index (χ2n) is 5.79. The van der Waals surface area contributed by atoms with Crippen LogP contribution in [0.25, 0.3) is 6.08 Å². The lowest BCUT2D eigenvalue weighted by atomic mass is 10.2. The van der Waals surface area contributed by atoms with Crippen LogP contribution in [-0.2, 0) is 6.67 Å². The summed E-state index contributed by atoms with van der Waals surface area (Å²) in [6, 6.07) is 16.0. The smallest absolute Gasteiger partial charge is 0.271 e. The standard InChI is InChI=1S/C18H14N4O3S/c23-17-16(9-13-5-2-1-3-6-13)26-18-19-11-20(12-21(17)18)14-7-4-8-15(10-14)22(24)25/h1-10H,11-12H2/b16-9-. The first kappa shape index (κ1) is 16.2. The summed E-state index contributed by atoms with van der Waals surface area (Å²) in [6.45, 7) is 0.670. The lowest BCUT2D eigenvalue weighted by Crippen LogP contribution is -2.42. The van der Waals surface area contributed by atoms with Gasteiger partial charge in [-0.25, -0.2) is 4.99 Å². The maximum Gasteiger partial charge on any atom is 0.271 e. The zero-order valence-electron chi connectivity index (χ0n) is 13.6. The van der Waals surface area contributed by atoms with Gasteiger partial charge in [-0.05, 0) is 17.7 Å². The van der Waals surface area contributed by atoms with E-state index >= 15 is 0 Å². The quantitative estimate of drug-likeness (QED) is 0.522. The highest BCUT2D eigenvalue weighted by Crippen LogP contribution is 2.21. The van der Waals surface area contributed by atoms with Crippen molar-refractivity contribution in [2.45, 2.75) is 6.67 Å². The first-order chi connectivity index (χ1) is 12.6. The van der Waals surface area contributed by atoms with Gasteiger partial charge in [0, 0.05) is 17.8 Å². The van der Waals surface area contributed by atoms with Gasteiger partial charge in [-0.3, -0.25) is 19.5 Å². The van der Waals surface area contributed by atoms with Crippen LogP contribution in [-0.4, -0.2) is 16.2 Å². The summed E-state index contributed by atoms with van der Waals surface area (Å²) in [6.07, 6.45) is 1.85. The highest BCUT2D eigenvalue weighted by Gasteiger charge is 2.17. The van der Waals surface area contributed by atoms with Crippen LogP contribution >= 0.6 is 11.3 Å². The molecule has 0 spiro atoms. The minimum absolute atomic E-state index is 0.0177. The molecule has 0 saturated heterocycles. The molecule has 0 bridgehead atoms. The van der Waals surface area contributed by atoms with Gasteiger partial charge in [0.1, 0.15) is 13.3 Å². The first-order valence-corrected chi connectivity index (χ1v) is 8.74. The van der Waals surface area contributed by atoms with Crippen molar-refractivity contribution in [2.75, 3.05) is 11.6 Å². The Morgan fingerprint density at radius 2 is 1.96 bits per heavy atom. The van der Waals surface area contributed by atoms with Gasteiger partial charge in [0.25, 0.3) is 11.2 Å². The van der Waals surface area contributed by atoms with Crippen LogP contribution in [0.1, 0.15) is 5.56 Å². The Labute approximate surface area is 151 Å². The summed E-state index contributed by atoms with van der Waals surface area (Å²) < 4.78 is 2.22. The number of non-ortho nitro benzene ring substituents is 1. The highest BCUT2D eigenvalue weighted by molar-refractivity contribution is 7.07. The summed E-state index contributed by atoms with van der Waals surface area (Å²) in [4.78, 5) is 30.2. The van der Waals surface area contributed by atoms with E-state index in [2.05, 4.69) is 4.99 Å². The molecule has 0 unspecified atom stereocenters. The third-order valence-corrected chi connectivity index (χ3v) is 5.12. The van der Waals surface area contributed by atoms with Crippen LogP contribution in [0.15, 0.2) is 64.4 Å².